The van der Waals surface area contributed by atoms with Gasteiger partial charge in [-0.05, 0) is 24.3 Å². The Balaban J connectivity index is 0.00000220. The first-order valence-electron chi connectivity index (χ1n) is 6.33. The zero-order chi connectivity index (χ0) is 14.2. The normalized spacial score (nSPS) is 10.9. The van der Waals surface area contributed by atoms with E-state index < -0.39 is 0 Å². The summed E-state index contributed by atoms with van der Waals surface area (Å²) in [4.78, 5) is 8.39. The van der Waals surface area contributed by atoms with Gasteiger partial charge in [-0.25, -0.2) is 0 Å². The molecule has 108 valence electrons. The topological polar surface area (TPSA) is 65.2 Å². The molecule has 0 radical (unpaired) electrons. The average Bonchev–Trinajstić information content (AvgIpc) is 2.46. The summed E-state index contributed by atoms with van der Waals surface area (Å²) in [6.45, 7) is 1.05. The number of phenolic OH excluding ortho intramolecular Hbond substituents is 2. The molecule has 2 aromatic rings. The van der Waals surface area contributed by atoms with Crippen molar-refractivity contribution in [2.45, 2.75) is 0 Å². The number of nitrogens with zero attached hydrogens (tertiary/aromatic N) is 2. The van der Waals surface area contributed by atoms with Gasteiger partial charge in [0, 0.05) is 23.6 Å². The van der Waals surface area contributed by atoms with E-state index in [1.54, 1.807) is 48.8 Å². The molecule has 2 N–H and O–H groups in total. The summed E-state index contributed by atoms with van der Waals surface area (Å²) in [6.07, 6.45) is 3.26. The summed E-state index contributed by atoms with van der Waals surface area (Å²) in [7, 11) is 0. The van der Waals surface area contributed by atoms with Gasteiger partial charge in [0.25, 0.3) is 0 Å². The van der Waals surface area contributed by atoms with Gasteiger partial charge < -0.3 is 10.2 Å². The summed E-state index contributed by atoms with van der Waals surface area (Å²) in [6, 6.07) is 14.1. The summed E-state index contributed by atoms with van der Waals surface area (Å²) in [5.74, 6) is 0.433. The van der Waals surface area contributed by atoms with Gasteiger partial charge in [-0.3, -0.25) is 9.98 Å². The zero-order valence-corrected chi connectivity index (χ0v) is 12.4. The molecule has 0 bridgehead atoms. The standard InChI is InChI=1S/C16H16N2O2.Co/c19-15-7-3-1-5-13(15)11-17-9-10-18-12-14-6-2-4-8-16(14)20;/h1-8,11-12,19-20H,9-10H2;/q;+3. The molecule has 0 saturated heterocycles. The van der Waals surface area contributed by atoms with Crippen molar-refractivity contribution in [3.8, 4) is 11.5 Å². The monoisotopic (exact) mass is 327 g/mol. The minimum Gasteiger partial charge on any atom is -0.507 e. The van der Waals surface area contributed by atoms with Crippen molar-refractivity contribution in [2.24, 2.45) is 9.98 Å². The molecule has 0 atom stereocenters. The van der Waals surface area contributed by atoms with Crippen LogP contribution in [0.3, 0.4) is 0 Å². The van der Waals surface area contributed by atoms with E-state index in [2.05, 4.69) is 9.98 Å². The maximum Gasteiger partial charge on any atom is 3.00 e. The van der Waals surface area contributed by atoms with Crippen LogP contribution in [0.25, 0.3) is 0 Å². The Hall–Kier alpha value is -2.11. The van der Waals surface area contributed by atoms with Crippen LogP contribution in [0.4, 0.5) is 0 Å². The maximum absolute atomic E-state index is 9.54. The number of phenols is 2. The van der Waals surface area contributed by atoms with E-state index in [0.717, 1.165) is 0 Å². The van der Waals surface area contributed by atoms with Crippen LogP contribution in [0.15, 0.2) is 58.5 Å². The molecule has 0 aliphatic carbocycles. The van der Waals surface area contributed by atoms with Gasteiger partial charge in [-0.1, -0.05) is 24.3 Å². The molecule has 5 heteroatoms. The molecular weight excluding hydrogens is 311 g/mol. The first-order valence-corrected chi connectivity index (χ1v) is 6.33. The van der Waals surface area contributed by atoms with Crippen LogP contribution in [-0.2, 0) is 16.8 Å². The average molecular weight is 327 g/mol. The Bertz CT molecular complexity index is 572. The molecule has 4 nitrogen and oxygen atoms in total. The fourth-order valence-electron chi connectivity index (χ4n) is 1.63. The predicted octanol–water partition coefficient (Wildman–Crippen LogP) is 2.63. The van der Waals surface area contributed by atoms with Gasteiger partial charge in [0.1, 0.15) is 11.5 Å². The number of rotatable bonds is 5. The number of benzene rings is 2. The van der Waals surface area contributed by atoms with E-state index in [-0.39, 0.29) is 28.3 Å². The Morgan fingerprint density at radius 3 is 1.48 bits per heavy atom. The Morgan fingerprint density at radius 2 is 1.10 bits per heavy atom. The van der Waals surface area contributed by atoms with Crippen molar-refractivity contribution in [3.63, 3.8) is 0 Å². The molecule has 0 spiro atoms. The first kappa shape index (κ1) is 16.9. The number of aromatic hydroxyl groups is 2. The molecule has 0 saturated carbocycles. The van der Waals surface area contributed by atoms with Crippen LogP contribution in [-0.4, -0.2) is 35.7 Å². The van der Waals surface area contributed by atoms with Crippen LogP contribution in [0.2, 0.25) is 0 Å². The van der Waals surface area contributed by atoms with Gasteiger partial charge in [0.05, 0.1) is 13.1 Å². The molecule has 0 heterocycles. The van der Waals surface area contributed by atoms with Crippen LogP contribution in [0.5, 0.6) is 11.5 Å². The zero-order valence-electron chi connectivity index (χ0n) is 11.3. The molecule has 2 rings (SSSR count). The Kier molecular flexibility index (Phi) is 7.21. The molecule has 0 unspecified atom stereocenters. The molecular formula is C16H16CoN2O2+3. The summed E-state index contributed by atoms with van der Waals surface area (Å²) in [5.41, 5.74) is 1.38. The van der Waals surface area contributed by atoms with Gasteiger partial charge in [0.2, 0.25) is 0 Å². The molecule has 0 fully saturated rings. The van der Waals surface area contributed by atoms with E-state index >= 15 is 0 Å². The third kappa shape index (κ3) is 5.41. The third-order valence-corrected chi connectivity index (χ3v) is 2.69. The second kappa shape index (κ2) is 8.94. The molecule has 0 aliphatic heterocycles. The molecule has 2 aromatic carbocycles. The minimum absolute atomic E-state index is 0. The quantitative estimate of drug-likeness (QED) is 0.655. The SMILES string of the molecule is Oc1ccccc1C=NCCN=Cc1ccccc1O.[Co+3]. The fourth-order valence-corrected chi connectivity index (χ4v) is 1.63. The van der Waals surface area contributed by atoms with E-state index in [1.165, 1.54) is 0 Å². The summed E-state index contributed by atoms with van der Waals surface area (Å²) < 4.78 is 0. The van der Waals surface area contributed by atoms with Crippen molar-refractivity contribution in [3.05, 3.63) is 59.7 Å². The van der Waals surface area contributed by atoms with Crippen LogP contribution in [0.1, 0.15) is 11.1 Å². The van der Waals surface area contributed by atoms with E-state index in [4.69, 9.17) is 0 Å². The van der Waals surface area contributed by atoms with E-state index in [9.17, 15) is 10.2 Å². The van der Waals surface area contributed by atoms with E-state index in [1.807, 2.05) is 12.1 Å². The van der Waals surface area contributed by atoms with Crippen molar-refractivity contribution in [2.75, 3.05) is 13.1 Å². The largest absolute Gasteiger partial charge is 3.00 e. The minimum atomic E-state index is 0. The van der Waals surface area contributed by atoms with Crippen LogP contribution < -0.4 is 0 Å². The second-order valence-corrected chi connectivity index (χ2v) is 4.19. The number of para-hydroxylation sites is 2. The van der Waals surface area contributed by atoms with Gasteiger partial charge >= 0.3 is 16.8 Å². The molecule has 0 aromatic heterocycles. The fraction of sp³-hybridized carbons (Fsp3) is 0.125. The summed E-state index contributed by atoms with van der Waals surface area (Å²) in [5, 5.41) is 19.1. The van der Waals surface area contributed by atoms with Gasteiger partial charge in [-0.15, -0.1) is 0 Å². The maximum atomic E-state index is 9.54. The molecule has 0 aliphatic rings. The van der Waals surface area contributed by atoms with E-state index in [0.29, 0.717) is 24.2 Å². The molecule has 21 heavy (non-hydrogen) atoms. The second-order valence-electron chi connectivity index (χ2n) is 4.19. The van der Waals surface area contributed by atoms with Crippen LogP contribution >= 0.6 is 0 Å². The predicted molar refractivity (Wildman–Crippen MR) is 81.1 cm³/mol. The Morgan fingerprint density at radius 1 is 0.714 bits per heavy atom. The number of hydrogen-bond donors (Lipinski definition) is 2. The van der Waals surface area contributed by atoms with Gasteiger partial charge in [0.15, 0.2) is 0 Å². The van der Waals surface area contributed by atoms with Crippen molar-refractivity contribution < 1.29 is 27.0 Å². The number of hydrogen-bond acceptors (Lipinski definition) is 4. The number of aliphatic imine (C=N–C) groups is 2. The van der Waals surface area contributed by atoms with Crippen molar-refractivity contribution in [1.82, 2.24) is 0 Å². The molecule has 0 amide bonds. The van der Waals surface area contributed by atoms with Crippen LogP contribution in [0, 0.1) is 0 Å². The third-order valence-electron chi connectivity index (χ3n) is 2.69. The summed E-state index contributed by atoms with van der Waals surface area (Å²) >= 11 is 0. The first-order chi connectivity index (χ1) is 9.77. The van der Waals surface area contributed by atoms with Crippen molar-refractivity contribution in [1.29, 1.82) is 0 Å². The van der Waals surface area contributed by atoms with Gasteiger partial charge in [-0.2, -0.15) is 0 Å². The van der Waals surface area contributed by atoms with Crippen molar-refractivity contribution >= 4 is 12.4 Å². The Labute approximate surface area is 134 Å². The smallest absolute Gasteiger partial charge is 0.507 e.